The van der Waals surface area contributed by atoms with E-state index in [2.05, 4.69) is 0 Å². The van der Waals surface area contributed by atoms with Crippen molar-refractivity contribution in [2.75, 3.05) is 14.1 Å². The second-order valence-corrected chi connectivity index (χ2v) is 3.80. The van der Waals surface area contributed by atoms with E-state index in [1.54, 1.807) is 38.1 Å². The van der Waals surface area contributed by atoms with E-state index < -0.39 is 11.9 Å². The Morgan fingerprint density at radius 1 is 1.17 bits per heavy atom. The van der Waals surface area contributed by atoms with Gasteiger partial charge in [-0.15, -0.1) is 0 Å². The molecule has 0 bridgehead atoms. The first-order chi connectivity index (χ1) is 8.27. The number of aromatic hydroxyl groups is 1. The van der Waals surface area contributed by atoms with Gasteiger partial charge in [0.25, 0.3) is 0 Å². The Kier molecular flexibility index (Phi) is 6.44. The zero-order chi connectivity index (χ0) is 14.3. The van der Waals surface area contributed by atoms with Crippen LogP contribution in [0.1, 0.15) is 17.3 Å². The number of aromatic carboxylic acids is 1. The van der Waals surface area contributed by atoms with Crippen molar-refractivity contribution >= 4 is 11.9 Å². The van der Waals surface area contributed by atoms with Crippen LogP contribution in [0.15, 0.2) is 24.3 Å². The maximum atomic E-state index is 10.3. The summed E-state index contributed by atoms with van der Waals surface area (Å²) in [5.74, 6) is -2.09. The third-order valence-electron chi connectivity index (χ3n) is 2.27. The number of likely N-dealkylation sites (N-methyl/N-ethyl adjacent to an activating group) is 1. The molecule has 1 atom stereocenters. The van der Waals surface area contributed by atoms with Crippen LogP contribution in [-0.4, -0.2) is 52.3 Å². The molecule has 1 aromatic rings. The molecule has 1 rings (SSSR count). The molecule has 6 nitrogen and oxygen atoms in total. The monoisotopic (exact) mass is 255 g/mol. The topological polar surface area (TPSA) is 98.1 Å². The smallest absolute Gasteiger partial charge is 0.339 e. The minimum atomic E-state index is -1.11. The fraction of sp³-hybridized carbons (Fsp3) is 0.333. The summed E-state index contributed by atoms with van der Waals surface area (Å²) in [6.07, 6.45) is 0. The van der Waals surface area contributed by atoms with Crippen molar-refractivity contribution in [1.29, 1.82) is 0 Å². The van der Waals surface area contributed by atoms with E-state index in [0.717, 1.165) is 0 Å². The molecule has 1 aromatic carbocycles. The normalized spacial score (nSPS) is 11.3. The highest BCUT2D eigenvalue weighted by atomic mass is 16.4. The number of phenols is 1. The molecule has 0 saturated heterocycles. The number of nitrogens with zero attached hydrogens (tertiary/aromatic N) is 1. The second-order valence-electron chi connectivity index (χ2n) is 3.80. The van der Waals surface area contributed by atoms with Gasteiger partial charge in [0.15, 0.2) is 0 Å². The molecule has 3 N–H and O–H groups in total. The molecule has 0 radical (unpaired) electrons. The first-order valence-corrected chi connectivity index (χ1v) is 5.18. The maximum absolute atomic E-state index is 10.3. The maximum Gasteiger partial charge on any atom is 0.339 e. The van der Waals surface area contributed by atoms with Crippen LogP contribution in [0.25, 0.3) is 0 Å². The molecule has 6 heteroatoms. The van der Waals surface area contributed by atoms with E-state index in [-0.39, 0.29) is 17.4 Å². The molecule has 0 spiro atoms. The molecule has 18 heavy (non-hydrogen) atoms. The highest BCUT2D eigenvalue weighted by Gasteiger charge is 2.11. The van der Waals surface area contributed by atoms with Crippen LogP contribution in [0.2, 0.25) is 0 Å². The van der Waals surface area contributed by atoms with Crippen LogP contribution in [0.5, 0.6) is 5.75 Å². The Labute approximate surface area is 105 Å². The van der Waals surface area contributed by atoms with Crippen LogP contribution >= 0.6 is 0 Å². The summed E-state index contributed by atoms with van der Waals surface area (Å²) < 4.78 is 0. The van der Waals surface area contributed by atoms with Crippen molar-refractivity contribution in [3.8, 4) is 5.75 Å². The van der Waals surface area contributed by atoms with E-state index in [0.29, 0.717) is 0 Å². The van der Waals surface area contributed by atoms with Gasteiger partial charge in [-0.2, -0.15) is 0 Å². The van der Waals surface area contributed by atoms with Gasteiger partial charge in [0.1, 0.15) is 17.4 Å². The summed E-state index contributed by atoms with van der Waals surface area (Å²) >= 11 is 0. The summed E-state index contributed by atoms with van der Waals surface area (Å²) in [5, 5.41) is 25.6. The Hall–Kier alpha value is -2.08. The number of rotatable bonds is 3. The van der Waals surface area contributed by atoms with Crippen molar-refractivity contribution in [3.63, 3.8) is 0 Å². The predicted octanol–water partition coefficient (Wildman–Crippen LogP) is 1.11. The lowest BCUT2D eigenvalue weighted by molar-refractivity contribution is -0.141. The van der Waals surface area contributed by atoms with Crippen LogP contribution < -0.4 is 0 Å². The summed E-state index contributed by atoms with van der Waals surface area (Å²) in [4.78, 5) is 22.0. The van der Waals surface area contributed by atoms with E-state index in [9.17, 15) is 9.59 Å². The molecule has 100 valence electrons. The lowest BCUT2D eigenvalue weighted by Crippen LogP contribution is -2.32. The van der Waals surface area contributed by atoms with Gasteiger partial charge in [-0.25, -0.2) is 4.79 Å². The van der Waals surface area contributed by atoms with Crippen LogP contribution in [0, 0.1) is 0 Å². The molecule has 0 aliphatic heterocycles. The largest absolute Gasteiger partial charge is 0.507 e. The fourth-order valence-corrected chi connectivity index (χ4v) is 0.875. The first-order valence-electron chi connectivity index (χ1n) is 5.18. The number of carboxylic acid groups (broad SMARTS) is 2. The molecule has 0 unspecified atom stereocenters. The van der Waals surface area contributed by atoms with Crippen LogP contribution in [-0.2, 0) is 4.79 Å². The lowest BCUT2D eigenvalue weighted by Gasteiger charge is -2.13. The van der Waals surface area contributed by atoms with E-state index in [1.165, 1.54) is 12.1 Å². The van der Waals surface area contributed by atoms with E-state index in [1.807, 2.05) is 0 Å². The highest BCUT2D eigenvalue weighted by molar-refractivity contribution is 5.90. The number of hydrogen-bond acceptors (Lipinski definition) is 4. The number of carbonyl (C=O) groups is 2. The minimum Gasteiger partial charge on any atom is -0.507 e. The first kappa shape index (κ1) is 15.9. The Balaban J connectivity index is 0.000000331. The third kappa shape index (κ3) is 5.31. The quantitative estimate of drug-likeness (QED) is 0.748. The van der Waals surface area contributed by atoms with Crippen molar-refractivity contribution in [2.24, 2.45) is 0 Å². The second kappa shape index (κ2) is 7.29. The molecule has 0 heterocycles. The summed E-state index contributed by atoms with van der Waals surface area (Å²) in [7, 11) is 3.47. The average molecular weight is 255 g/mol. The summed E-state index contributed by atoms with van der Waals surface area (Å²) in [5.41, 5.74) is -0.0671. The SMILES string of the molecule is C[C@@H](C(=O)O)N(C)C.O=C(O)c1ccccc1O. The predicted molar refractivity (Wildman–Crippen MR) is 65.9 cm³/mol. The zero-order valence-corrected chi connectivity index (χ0v) is 10.5. The van der Waals surface area contributed by atoms with Crippen molar-refractivity contribution in [3.05, 3.63) is 29.8 Å². The van der Waals surface area contributed by atoms with Gasteiger partial charge in [-0.05, 0) is 33.2 Å². The number of para-hydroxylation sites is 1. The average Bonchev–Trinajstić information content (AvgIpc) is 2.28. The molecular formula is C12H17NO5. The highest BCUT2D eigenvalue weighted by Crippen LogP contribution is 2.14. The van der Waals surface area contributed by atoms with Crippen molar-refractivity contribution in [1.82, 2.24) is 4.90 Å². The van der Waals surface area contributed by atoms with Gasteiger partial charge < -0.3 is 15.3 Å². The molecular weight excluding hydrogens is 238 g/mol. The Morgan fingerprint density at radius 3 is 1.89 bits per heavy atom. The number of hydrogen-bond donors (Lipinski definition) is 3. The fourth-order valence-electron chi connectivity index (χ4n) is 0.875. The van der Waals surface area contributed by atoms with E-state index in [4.69, 9.17) is 15.3 Å². The number of carboxylic acids is 2. The molecule has 0 aliphatic carbocycles. The summed E-state index contributed by atoms with van der Waals surface area (Å²) in [6, 6.07) is 5.43. The summed E-state index contributed by atoms with van der Waals surface area (Å²) in [6.45, 7) is 1.64. The Bertz CT molecular complexity index is 417. The van der Waals surface area contributed by atoms with Gasteiger partial charge >= 0.3 is 11.9 Å². The molecule has 0 saturated carbocycles. The van der Waals surface area contributed by atoms with Gasteiger partial charge in [-0.1, -0.05) is 12.1 Å². The lowest BCUT2D eigenvalue weighted by atomic mass is 10.2. The van der Waals surface area contributed by atoms with E-state index >= 15 is 0 Å². The van der Waals surface area contributed by atoms with Crippen LogP contribution in [0.4, 0.5) is 0 Å². The van der Waals surface area contributed by atoms with Gasteiger partial charge in [0.2, 0.25) is 0 Å². The van der Waals surface area contributed by atoms with Gasteiger partial charge in [0.05, 0.1) is 0 Å². The number of benzene rings is 1. The molecule has 0 amide bonds. The zero-order valence-electron chi connectivity index (χ0n) is 10.5. The van der Waals surface area contributed by atoms with Crippen LogP contribution in [0.3, 0.4) is 0 Å². The van der Waals surface area contributed by atoms with Crippen molar-refractivity contribution < 1.29 is 24.9 Å². The minimum absolute atomic E-state index is 0.0671. The molecule has 0 fully saturated rings. The molecule has 0 aliphatic rings. The number of aliphatic carboxylic acids is 1. The third-order valence-corrected chi connectivity index (χ3v) is 2.27. The van der Waals surface area contributed by atoms with Gasteiger partial charge in [0, 0.05) is 0 Å². The van der Waals surface area contributed by atoms with Gasteiger partial charge in [-0.3, -0.25) is 9.69 Å². The molecule has 0 aromatic heterocycles. The Morgan fingerprint density at radius 2 is 1.67 bits per heavy atom. The standard InChI is InChI=1S/C7H6O3.C5H11NO2/c8-6-4-2-1-3-5(6)7(9)10;1-4(5(7)8)6(2)3/h1-4,8H,(H,9,10);4H,1-3H3,(H,7,8)/t;4-/m.0/s1. The van der Waals surface area contributed by atoms with Crippen molar-refractivity contribution in [2.45, 2.75) is 13.0 Å².